The lowest BCUT2D eigenvalue weighted by Crippen LogP contribution is -2.49. The van der Waals surface area contributed by atoms with Crippen LogP contribution in [-0.2, 0) is 31.9 Å². The van der Waals surface area contributed by atoms with Crippen LogP contribution < -0.4 is 21.3 Å². The lowest BCUT2D eigenvalue weighted by atomic mass is 9.98. The predicted molar refractivity (Wildman–Crippen MR) is 206 cm³/mol. The van der Waals surface area contributed by atoms with Gasteiger partial charge in [-0.05, 0) is 87.1 Å². The van der Waals surface area contributed by atoms with Gasteiger partial charge in [-0.25, -0.2) is 9.59 Å². The molecule has 0 aromatic heterocycles. The molecule has 4 N–H and O–H groups in total. The van der Waals surface area contributed by atoms with Gasteiger partial charge in [0.1, 0.15) is 23.3 Å². The SMILES string of the molecule is CC(C)(C)OC(=O)N[C@@H](Cc1cccc2ccccc12)C(=O)NCC/C=C\CCNC(=O)[C@H](Cc1cccc2ccccc12)NC(=O)OC(C)(C)C. The molecule has 0 fully saturated rings. The molecule has 10 nitrogen and oxygen atoms in total. The summed E-state index contributed by atoms with van der Waals surface area (Å²) in [5.74, 6) is -0.622. The molecular formula is C42H52N4O6. The zero-order valence-electron chi connectivity index (χ0n) is 31.1. The van der Waals surface area contributed by atoms with E-state index in [1.807, 2.05) is 97.1 Å². The zero-order valence-corrected chi connectivity index (χ0v) is 31.1. The maximum absolute atomic E-state index is 13.3. The van der Waals surface area contributed by atoms with Crippen LogP contribution in [0, 0.1) is 0 Å². The molecule has 4 aromatic rings. The summed E-state index contributed by atoms with van der Waals surface area (Å²) >= 11 is 0. The minimum atomic E-state index is -0.837. The third-order valence-electron chi connectivity index (χ3n) is 8.01. The molecule has 0 aliphatic rings. The van der Waals surface area contributed by atoms with E-state index in [-0.39, 0.29) is 11.8 Å². The van der Waals surface area contributed by atoms with Gasteiger partial charge in [-0.1, -0.05) is 97.1 Å². The first-order valence-corrected chi connectivity index (χ1v) is 17.8. The number of nitrogens with one attached hydrogen (secondary N) is 4. The number of benzene rings is 4. The van der Waals surface area contributed by atoms with Crippen molar-refractivity contribution >= 4 is 45.5 Å². The van der Waals surface area contributed by atoms with E-state index in [0.717, 1.165) is 32.7 Å². The molecule has 52 heavy (non-hydrogen) atoms. The number of rotatable bonds is 14. The van der Waals surface area contributed by atoms with Crippen LogP contribution >= 0.6 is 0 Å². The van der Waals surface area contributed by atoms with Gasteiger partial charge in [0.05, 0.1) is 0 Å². The van der Waals surface area contributed by atoms with Gasteiger partial charge in [0.2, 0.25) is 11.8 Å². The number of fused-ring (bicyclic) bond motifs is 2. The normalized spacial score (nSPS) is 13.0. The maximum Gasteiger partial charge on any atom is 0.408 e. The maximum atomic E-state index is 13.3. The van der Waals surface area contributed by atoms with Gasteiger partial charge in [-0.2, -0.15) is 0 Å². The number of hydrogen-bond acceptors (Lipinski definition) is 6. The van der Waals surface area contributed by atoms with Crippen molar-refractivity contribution in [2.45, 2.75) is 90.5 Å². The van der Waals surface area contributed by atoms with Gasteiger partial charge in [0.15, 0.2) is 0 Å². The van der Waals surface area contributed by atoms with E-state index in [1.54, 1.807) is 41.5 Å². The number of carbonyl (C=O) groups is 4. The summed E-state index contributed by atoms with van der Waals surface area (Å²) in [6.45, 7) is 11.4. The number of ether oxygens (including phenoxy) is 2. The summed E-state index contributed by atoms with van der Waals surface area (Å²) < 4.78 is 10.9. The third-order valence-corrected chi connectivity index (χ3v) is 8.01. The highest BCUT2D eigenvalue weighted by atomic mass is 16.6. The van der Waals surface area contributed by atoms with Crippen LogP contribution in [0.25, 0.3) is 21.5 Å². The highest BCUT2D eigenvalue weighted by molar-refractivity contribution is 5.90. The molecule has 0 spiro atoms. The fourth-order valence-electron chi connectivity index (χ4n) is 5.74. The number of alkyl carbamates (subject to hydrolysis) is 2. The Hall–Kier alpha value is -5.38. The second-order valence-corrected chi connectivity index (χ2v) is 14.7. The van der Waals surface area contributed by atoms with Crippen molar-refractivity contribution in [3.8, 4) is 0 Å². The summed E-state index contributed by atoms with van der Waals surface area (Å²) in [6, 6.07) is 26.0. The van der Waals surface area contributed by atoms with Crippen LogP contribution in [0.5, 0.6) is 0 Å². The minimum Gasteiger partial charge on any atom is -0.444 e. The average molecular weight is 709 g/mol. The highest BCUT2D eigenvalue weighted by Crippen LogP contribution is 2.22. The molecular weight excluding hydrogens is 656 g/mol. The minimum absolute atomic E-state index is 0.298. The van der Waals surface area contributed by atoms with Crippen molar-refractivity contribution in [3.63, 3.8) is 0 Å². The van der Waals surface area contributed by atoms with Crippen LogP contribution in [-0.4, -0.2) is 60.4 Å². The van der Waals surface area contributed by atoms with Gasteiger partial charge in [0.25, 0.3) is 0 Å². The molecule has 0 unspecified atom stereocenters. The van der Waals surface area contributed by atoms with Gasteiger partial charge >= 0.3 is 12.2 Å². The van der Waals surface area contributed by atoms with Crippen LogP contribution in [0.1, 0.15) is 65.5 Å². The molecule has 4 rings (SSSR count). The van der Waals surface area contributed by atoms with Crippen LogP contribution in [0.15, 0.2) is 97.1 Å². The van der Waals surface area contributed by atoms with Crippen molar-refractivity contribution in [3.05, 3.63) is 108 Å². The molecule has 4 aromatic carbocycles. The Morgan fingerprint density at radius 3 is 1.31 bits per heavy atom. The number of amides is 4. The standard InChI is InChI=1S/C42H52N4O6/c1-41(2,3)51-39(49)45-35(27-31-21-15-19-29-17-9-11-23-33(29)31)37(47)43-25-13-7-8-14-26-44-38(48)36(46-40(50)52-42(4,5)6)28-32-22-16-20-30-18-10-12-24-34(30)32/h7-12,15-24,35-36H,13-14,25-28H2,1-6H3,(H,43,47)(H,44,48)(H,45,49)(H,46,50)/b8-7-/t35-,36-/m0/s1. The molecule has 276 valence electrons. The highest BCUT2D eigenvalue weighted by Gasteiger charge is 2.26. The predicted octanol–water partition coefficient (Wildman–Crippen LogP) is 7.13. The van der Waals surface area contributed by atoms with Crippen LogP contribution in [0.3, 0.4) is 0 Å². The number of carbonyl (C=O) groups excluding carboxylic acids is 4. The Morgan fingerprint density at radius 1 is 0.558 bits per heavy atom. The van der Waals surface area contributed by atoms with Gasteiger partial charge in [0, 0.05) is 25.9 Å². The summed E-state index contributed by atoms with van der Waals surface area (Å²) in [6.07, 6.45) is 4.25. The third kappa shape index (κ3) is 12.7. The molecule has 0 saturated carbocycles. The lowest BCUT2D eigenvalue weighted by Gasteiger charge is -2.24. The van der Waals surface area contributed by atoms with E-state index in [0.29, 0.717) is 38.8 Å². The first-order chi connectivity index (χ1) is 24.7. The average Bonchev–Trinajstić information content (AvgIpc) is 3.07. The summed E-state index contributed by atoms with van der Waals surface area (Å²) in [5.41, 5.74) is 0.469. The first-order valence-electron chi connectivity index (χ1n) is 17.8. The molecule has 10 heteroatoms. The quantitative estimate of drug-likeness (QED) is 0.0813. The molecule has 4 amide bonds. The Labute approximate surface area is 306 Å². The largest absolute Gasteiger partial charge is 0.444 e. The Kier molecular flexibility index (Phi) is 13.8. The molecule has 0 bridgehead atoms. The van der Waals surface area contributed by atoms with E-state index in [9.17, 15) is 19.2 Å². The smallest absolute Gasteiger partial charge is 0.408 e. The second-order valence-electron chi connectivity index (χ2n) is 14.7. The fourth-order valence-corrected chi connectivity index (χ4v) is 5.74. The first kappa shape index (κ1) is 39.4. The van der Waals surface area contributed by atoms with Crippen LogP contribution in [0.2, 0.25) is 0 Å². The molecule has 0 saturated heterocycles. The molecule has 0 aliphatic heterocycles. The zero-order chi connectivity index (χ0) is 37.7. The fraction of sp³-hybridized carbons (Fsp3) is 0.381. The van der Waals surface area contributed by atoms with Gasteiger partial charge < -0.3 is 30.7 Å². The summed E-state index contributed by atoms with van der Waals surface area (Å²) in [5, 5.41) is 15.5. The van der Waals surface area contributed by atoms with Gasteiger partial charge in [-0.3, -0.25) is 9.59 Å². The Morgan fingerprint density at radius 2 is 0.923 bits per heavy atom. The van der Waals surface area contributed by atoms with E-state index in [1.165, 1.54) is 0 Å². The van der Waals surface area contributed by atoms with Crippen molar-refractivity contribution in [1.29, 1.82) is 0 Å². The second kappa shape index (κ2) is 18.2. The van der Waals surface area contributed by atoms with Crippen molar-refractivity contribution in [2.24, 2.45) is 0 Å². The molecule has 0 aliphatic carbocycles. The molecule has 2 atom stereocenters. The lowest BCUT2D eigenvalue weighted by molar-refractivity contribution is -0.123. The van der Waals surface area contributed by atoms with Gasteiger partial charge in [-0.15, -0.1) is 0 Å². The van der Waals surface area contributed by atoms with E-state index >= 15 is 0 Å². The summed E-state index contributed by atoms with van der Waals surface area (Å²) in [7, 11) is 0. The molecule has 0 heterocycles. The van der Waals surface area contributed by atoms with Crippen molar-refractivity contribution in [1.82, 2.24) is 21.3 Å². The van der Waals surface area contributed by atoms with Crippen molar-refractivity contribution < 1.29 is 28.7 Å². The van der Waals surface area contributed by atoms with E-state index < -0.39 is 35.5 Å². The number of hydrogen-bond donors (Lipinski definition) is 4. The topological polar surface area (TPSA) is 135 Å². The van der Waals surface area contributed by atoms with E-state index in [2.05, 4.69) is 21.3 Å². The Balaban J connectivity index is 1.29. The van der Waals surface area contributed by atoms with E-state index in [4.69, 9.17) is 9.47 Å². The monoisotopic (exact) mass is 708 g/mol. The summed E-state index contributed by atoms with van der Waals surface area (Å²) in [4.78, 5) is 52.0. The van der Waals surface area contributed by atoms with Crippen molar-refractivity contribution in [2.75, 3.05) is 13.1 Å². The van der Waals surface area contributed by atoms with Crippen LogP contribution in [0.4, 0.5) is 9.59 Å². The molecule has 0 radical (unpaired) electrons. The Bertz CT molecular complexity index is 1730.